The second kappa shape index (κ2) is 7.31. The third kappa shape index (κ3) is 5.25. The van der Waals surface area contributed by atoms with Crippen LogP contribution in [0, 0.1) is 0 Å². The van der Waals surface area contributed by atoms with Crippen molar-refractivity contribution in [2.45, 2.75) is 51.9 Å². The van der Waals surface area contributed by atoms with Gasteiger partial charge >= 0.3 is 0 Å². The Labute approximate surface area is 86.5 Å². The maximum atomic E-state index is 3.34. The lowest BCUT2D eigenvalue weighted by molar-refractivity contribution is 0.604. The van der Waals surface area contributed by atoms with E-state index >= 15 is 0 Å². The second-order valence-corrected chi connectivity index (χ2v) is 4.49. The van der Waals surface area contributed by atoms with Crippen molar-refractivity contribution >= 4 is 11.9 Å². The first-order chi connectivity index (χ1) is 6.43. The molecule has 0 aromatic rings. The summed E-state index contributed by atoms with van der Waals surface area (Å²) in [5.41, 5.74) is 1.46. The molecule has 1 N–H and O–H groups in total. The minimum absolute atomic E-state index is 1.16. The second-order valence-electron chi connectivity index (χ2n) is 3.66. The molecule has 0 spiro atoms. The first-order valence-electron chi connectivity index (χ1n) is 5.50. The molecule has 76 valence electrons. The van der Waals surface area contributed by atoms with E-state index in [-0.39, 0.29) is 0 Å². The average Bonchev–Trinajstić information content (AvgIpc) is 2.63. The van der Waals surface area contributed by atoms with Crippen molar-refractivity contribution in [2.75, 3.05) is 5.75 Å². The number of hydrogen-bond donors (Lipinski definition) is 1. The number of allylic oxidation sites excluding steroid dienone is 1. The summed E-state index contributed by atoms with van der Waals surface area (Å²) in [7, 11) is 0. The van der Waals surface area contributed by atoms with E-state index in [1.807, 2.05) is 11.9 Å². The van der Waals surface area contributed by atoms with Crippen LogP contribution in [0.5, 0.6) is 0 Å². The zero-order valence-corrected chi connectivity index (χ0v) is 9.46. The van der Waals surface area contributed by atoms with E-state index in [1.54, 1.807) is 0 Å². The van der Waals surface area contributed by atoms with Crippen molar-refractivity contribution in [1.29, 1.82) is 0 Å². The zero-order chi connectivity index (χ0) is 9.36. The molecule has 0 bridgehead atoms. The maximum Gasteiger partial charge on any atom is 0.0332 e. The fraction of sp³-hybridized carbons (Fsp3) is 0.818. The fourth-order valence-corrected chi connectivity index (χ4v) is 2.31. The number of nitrogens with one attached hydrogen (secondary N) is 1. The molecule has 1 rings (SSSR count). The SMILES string of the molecule is CCCCCCCCC1=CCSN1. The highest BCUT2D eigenvalue weighted by atomic mass is 32.2. The van der Waals surface area contributed by atoms with E-state index in [0.29, 0.717) is 0 Å². The predicted molar refractivity (Wildman–Crippen MR) is 61.7 cm³/mol. The average molecular weight is 199 g/mol. The molecule has 1 aliphatic rings. The first-order valence-corrected chi connectivity index (χ1v) is 6.49. The number of hydrogen-bond acceptors (Lipinski definition) is 2. The van der Waals surface area contributed by atoms with Crippen LogP contribution in [0.4, 0.5) is 0 Å². The van der Waals surface area contributed by atoms with Gasteiger partial charge in [0.05, 0.1) is 0 Å². The van der Waals surface area contributed by atoms with Gasteiger partial charge in [-0.15, -0.1) is 0 Å². The molecule has 1 heterocycles. The molecule has 0 atom stereocenters. The number of unbranched alkanes of at least 4 members (excludes halogenated alkanes) is 5. The maximum absolute atomic E-state index is 3.34. The molecular formula is C11H21NS. The lowest BCUT2D eigenvalue weighted by Crippen LogP contribution is -1.96. The van der Waals surface area contributed by atoms with Crippen LogP contribution in [0.25, 0.3) is 0 Å². The standard InChI is InChI=1S/C11H21NS/c1-2-3-4-5-6-7-8-11-9-10-13-12-11/h9,12H,2-8,10H2,1H3. The summed E-state index contributed by atoms with van der Waals surface area (Å²) < 4.78 is 3.34. The van der Waals surface area contributed by atoms with Crippen molar-refractivity contribution in [3.05, 3.63) is 11.8 Å². The topological polar surface area (TPSA) is 12.0 Å². The van der Waals surface area contributed by atoms with E-state index < -0.39 is 0 Å². The monoisotopic (exact) mass is 199 g/mol. The van der Waals surface area contributed by atoms with E-state index in [1.165, 1.54) is 50.6 Å². The highest BCUT2D eigenvalue weighted by molar-refractivity contribution is 7.97. The zero-order valence-electron chi connectivity index (χ0n) is 8.64. The van der Waals surface area contributed by atoms with Crippen molar-refractivity contribution in [3.8, 4) is 0 Å². The van der Waals surface area contributed by atoms with Crippen LogP contribution < -0.4 is 4.72 Å². The van der Waals surface area contributed by atoms with Crippen LogP contribution in [0.3, 0.4) is 0 Å². The third-order valence-corrected chi connectivity index (χ3v) is 3.16. The lowest BCUT2D eigenvalue weighted by Gasteiger charge is -2.02. The molecule has 0 saturated heterocycles. The fourth-order valence-electron chi connectivity index (χ4n) is 1.57. The van der Waals surface area contributed by atoms with Crippen LogP contribution in [-0.4, -0.2) is 5.75 Å². The predicted octanol–water partition coefficient (Wildman–Crippen LogP) is 3.87. The Bertz CT molecular complexity index is 154. The van der Waals surface area contributed by atoms with E-state index in [0.717, 1.165) is 5.75 Å². The largest absolute Gasteiger partial charge is 0.334 e. The molecule has 0 unspecified atom stereocenters. The van der Waals surface area contributed by atoms with E-state index in [4.69, 9.17) is 0 Å². The van der Waals surface area contributed by atoms with Gasteiger partial charge in [0.1, 0.15) is 0 Å². The molecule has 13 heavy (non-hydrogen) atoms. The molecule has 1 nitrogen and oxygen atoms in total. The van der Waals surface area contributed by atoms with E-state index in [9.17, 15) is 0 Å². The summed E-state index contributed by atoms with van der Waals surface area (Å²) in [4.78, 5) is 0. The van der Waals surface area contributed by atoms with Crippen LogP contribution >= 0.6 is 11.9 Å². The van der Waals surface area contributed by atoms with Gasteiger partial charge in [-0.25, -0.2) is 0 Å². The van der Waals surface area contributed by atoms with Crippen molar-refractivity contribution in [1.82, 2.24) is 4.72 Å². The third-order valence-electron chi connectivity index (χ3n) is 2.42. The van der Waals surface area contributed by atoms with Crippen LogP contribution in [0.2, 0.25) is 0 Å². The highest BCUT2D eigenvalue weighted by Crippen LogP contribution is 2.16. The van der Waals surface area contributed by atoms with Crippen molar-refractivity contribution < 1.29 is 0 Å². The Morgan fingerprint density at radius 2 is 2.00 bits per heavy atom. The van der Waals surface area contributed by atoms with Gasteiger partial charge in [-0.05, 0) is 24.8 Å². The Morgan fingerprint density at radius 3 is 2.69 bits per heavy atom. The first kappa shape index (κ1) is 11.0. The summed E-state index contributed by atoms with van der Waals surface area (Å²) in [6.45, 7) is 2.27. The summed E-state index contributed by atoms with van der Waals surface area (Å²) in [6.07, 6.45) is 12.0. The molecule has 0 aromatic carbocycles. The van der Waals surface area contributed by atoms with E-state index in [2.05, 4.69) is 17.7 Å². The minimum Gasteiger partial charge on any atom is -0.334 e. The van der Waals surface area contributed by atoms with Crippen molar-refractivity contribution in [3.63, 3.8) is 0 Å². The van der Waals surface area contributed by atoms with Gasteiger partial charge in [-0.1, -0.05) is 45.1 Å². The lowest BCUT2D eigenvalue weighted by atomic mass is 10.1. The molecule has 0 saturated carbocycles. The molecule has 0 amide bonds. The Kier molecular flexibility index (Phi) is 6.17. The van der Waals surface area contributed by atoms with Crippen molar-refractivity contribution in [2.24, 2.45) is 0 Å². The smallest absolute Gasteiger partial charge is 0.0332 e. The number of rotatable bonds is 7. The Morgan fingerprint density at radius 1 is 1.23 bits per heavy atom. The van der Waals surface area contributed by atoms with Gasteiger partial charge in [-0.3, -0.25) is 0 Å². The molecule has 2 heteroatoms. The quantitative estimate of drug-likeness (QED) is 0.493. The molecule has 0 fully saturated rings. The Balaban J connectivity index is 1.83. The minimum atomic E-state index is 1.16. The molecular weight excluding hydrogens is 178 g/mol. The summed E-state index contributed by atoms with van der Waals surface area (Å²) in [6, 6.07) is 0. The van der Waals surface area contributed by atoms with Crippen LogP contribution in [-0.2, 0) is 0 Å². The van der Waals surface area contributed by atoms with Gasteiger partial charge in [0, 0.05) is 11.4 Å². The molecule has 1 aliphatic heterocycles. The molecule has 0 radical (unpaired) electrons. The highest BCUT2D eigenvalue weighted by Gasteiger charge is 2.02. The van der Waals surface area contributed by atoms with Gasteiger partial charge < -0.3 is 4.72 Å². The molecule has 0 aliphatic carbocycles. The normalized spacial score (nSPS) is 15.6. The van der Waals surface area contributed by atoms with Gasteiger partial charge in [0.15, 0.2) is 0 Å². The van der Waals surface area contributed by atoms with Gasteiger partial charge in [0.25, 0.3) is 0 Å². The molecule has 0 aromatic heterocycles. The van der Waals surface area contributed by atoms with Crippen LogP contribution in [0.15, 0.2) is 11.8 Å². The van der Waals surface area contributed by atoms with Gasteiger partial charge in [0.2, 0.25) is 0 Å². The van der Waals surface area contributed by atoms with Crippen LogP contribution in [0.1, 0.15) is 51.9 Å². The Hall–Kier alpha value is -0.110. The summed E-state index contributed by atoms with van der Waals surface area (Å²) in [5, 5.41) is 0. The summed E-state index contributed by atoms with van der Waals surface area (Å²) in [5.74, 6) is 1.16. The van der Waals surface area contributed by atoms with Gasteiger partial charge in [-0.2, -0.15) is 0 Å². The summed E-state index contributed by atoms with van der Waals surface area (Å²) >= 11 is 1.81.